The Morgan fingerprint density at radius 2 is 1.79 bits per heavy atom. The molecular weight excluding hydrogens is 370 g/mol. The quantitative estimate of drug-likeness (QED) is 0.548. The first-order chi connectivity index (χ1) is 13.9. The van der Waals surface area contributed by atoms with E-state index in [2.05, 4.69) is 21.8 Å². The number of carboxylic acid groups (broad SMARTS) is 1. The highest BCUT2D eigenvalue weighted by atomic mass is 16.4. The number of carbonyl (C=O) groups excluding carboxylic acids is 1. The van der Waals surface area contributed by atoms with Gasteiger partial charge in [0, 0.05) is 49.9 Å². The monoisotopic (exact) mass is 395 g/mol. The summed E-state index contributed by atoms with van der Waals surface area (Å²) in [5, 5.41) is 19.1. The molecule has 2 heterocycles. The molecule has 1 aromatic heterocycles. The molecule has 0 saturated carbocycles. The van der Waals surface area contributed by atoms with E-state index in [0.717, 1.165) is 37.9 Å². The number of aliphatic hydroxyl groups is 1. The highest BCUT2D eigenvalue weighted by Gasteiger charge is 2.18. The Morgan fingerprint density at radius 3 is 2.45 bits per heavy atom. The van der Waals surface area contributed by atoms with E-state index >= 15 is 0 Å². The lowest BCUT2D eigenvalue weighted by Gasteiger charge is -2.34. The minimum Gasteiger partial charge on any atom is -0.478 e. The second kappa shape index (κ2) is 9.45. The van der Waals surface area contributed by atoms with Crippen molar-refractivity contribution in [2.75, 3.05) is 38.1 Å². The number of nitrogens with zero attached hydrogens (tertiary/aromatic N) is 3. The Morgan fingerprint density at radius 1 is 1.10 bits per heavy atom. The van der Waals surface area contributed by atoms with Crippen molar-refractivity contribution in [3.05, 3.63) is 65.5 Å². The van der Waals surface area contributed by atoms with Crippen LogP contribution in [-0.4, -0.2) is 65.1 Å². The van der Waals surface area contributed by atoms with Crippen LogP contribution in [-0.2, 0) is 4.79 Å². The maximum Gasteiger partial charge on any atom is 0.328 e. The van der Waals surface area contributed by atoms with Crippen LogP contribution in [0.4, 0.5) is 5.69 Å². The number of carbonyl (C=O) groups is 2. The summed E-state index contributed by atoms with van der Waals surface area (Å²) in [6.07, 6.45) is 1.17. The maximum atomic E-state index is 12.6. The van der Waals surface area contributed by atoms with Gasteiger partial charge in [-0.2, -0.15) is 0 Å². The minimum atomic E-state index is -1.08. The molecule has 1 aliphatic rings. The standard InChI is InChI=1S/C22H25N3O4/c1-24-11-13-25(14-12-24)18-8-5-16(6-9-18)20(26)15-21(27)19-4-2-3-17(23-19)7-10-22(28)29/h2-10,21,27H,11-15H2,1H3,(H,28,29). The van der Waals surface area contributed by atoms with Crippen molar-refractivity contribution < 1.29 is 19.8 Å². The van der Waals surface area contributed by atoms with Crippen LogP contribution in [0.5, 0.6) is 0 Å². The highest BCUT2D eigenvalue weighted by Crippen LogP contribution is 2.21. The van der Waals surface area contributed by atoms with Gasteiger partial charge >= 0.3 is 5.97 Å². The first kappa shape index (κ1) is 20.7. The number of pyridine rings is 1. The summed E-state index contributed by atoms with van der Waals surface area (Å²) in [6.45, 7) is 3.95. The molecule has 1 aliphatic heterocycles. The van der Waals surface area contributed by atoms with E-state index in [1.807, 2.05) is 12.1 Å². The van der Waals surface area contributed by atoms with Crippen LogP contribution in [0.2, 0.25) is 0 Å². The fourth-order valence-electron chi connectivity index (χ4n) is 3.22. The third-order valence-electron chi connectivity index (χ3n) is 4.97. The first-order valence-electron chi connectivity index (χ1n) is 9.55. The number of anilines is 1. The van der Waals surface area contributed by atoms with Crippen LogP contribution in [0.3, 0.4) is 0 Å². The van der Waals surface area contributed by atoms with Crippen LogP contribution in [0.25, 0.3) is 6.08 Å². The summed E-state index contributed by atoms with van der Waals surface area (Å²) in [5.74, 6) is -1.25. The van der Waals surface area contributed by atoms with Crippen molar-refractivity contribution in [3.8, 4) is 0 Å². The van der Waals surface area contributed by atoms with E-state index in [4.69, 9.17) is 5.11 Å². The number of Topliss-reactive ketones (excluding diaryl/α,β-unsaturated/α-hetero) is 1. The molecule has 2 aromatic rings. The van der Waals surface area contributed by atoms with Gasteiger partial charge in [0.05, 0.1) is 11.4 Å². The molecule has 29 heavy (non-hydrogen) atoms. The molecule has 1 unspecified atom stereocenters. The molecule has 1 atom stereocenters. The lowest BCUT2D eigenvalue weighted by atomic mass is 10.0. The van der Waals surface area contributed by atoms with E-state index < -0.39 is 12.1 Å². The summed E-state index contributed by atoms with van der Waals surface area (Å²) in [7, 11) is 2.11. The molecule has 0 aliphatic carbocycles. The van der Waals surface area contributed by atoms with E-state index in [1.54, 1.807) is 30.3 Å². The Balaban J connectivity index is 1.62. The Hall–Kier alpha value is -3.03. The van der Waals surface area contributed by atoms with E-state index in [0.29, 0.717) is 17.0 Å². The third kappa shape index (κ3) is 5.73. The van der Waals surface area contributed by atoms with Gasteiger partial charge in [0.25, 0.3) is 0 Å². The predicted molar refractivity (Wildman–Crippen MR) is 111 cm³/mol. The van der Waals surface area contributed by atoms with Crippen LogP contribution in [0.15, 0.2) is 48.5 Å². The van der Waals surface area contributed by atoms with Crippen molar-refractivity contribution >= 4 is 23.5 Å². The second-order valence-electron chi connectivity index (χ2n) is 7.14. The number of piperazine rings is 1. The van der Waals surface area contributed by atoms with Crippen LogP contribution in [0.1, 0.15) is 34.3 Å². The summed E-state index contributed by atoms with van der Waals surface area (Å²) >= 11 is 0. The fourth-order valence-corrected chi connectivity index (χ4v) is 3.22. The molecule has 1 saturated heterocycles. The van der Waals surface area contributed by atoms with E-state index in [-0.39, 0.29) is 12.2 Å². The smallest absolute Gasteiger partial charge is 0.328 e. The molecule has 7 nitrogen and oxygen atoms in total. The van der Waals surface area contributed by atoms with Gasteiger partial charge in [0.2, 0.25) is 0 Å². The van der Waals surface area contributed by atoms with Gasteiger partial charge in [-0.25, -0.2) is 4.79 Å². The molecule has 152 valence electrons. The Bertz CT molecular complexity index is 887. The van der Waals surface area contributed by atoms with Crippen LogP contribution >= 0.6 is 0 Å². The number of hydrogen-bond donors (Lipinski definition) is 2. The zero-order valence-electron chi connectivity index (χ0n) is 16.4. The normalized spacial score (nSPS) is 16.1. The molecule has 0 amide bonds. The first-order valence-corrected chi connectivity index (χ1v) is 9.55. The van der Waals surface area contributed by atoms with Gasteiger partial charge in [-0.1, -0.05) is 6.07 Å². The summed E-state index contributed by atoms with van der Waals surface area (Å²) < 4.78 is 0. The number of hydrogen-bond acceptors (Lipinski definition) is 6. The molecular formula is C22H25N3O4. The highest BCUT2D eigenvalue weighted by molar-refractivity contribution is 5.96. The topological polar surface area (TPSA) is 94.0 Å². The zero-order valence-corrected chi connectivity index (χ0v) is 16.4. The second-order valence-corrected chi connectivity index (χ2v) is 7.14. The number of aliphatic carboxylic acids is 1. The third-order valence-corrected chi connectivity index (χ3v) is 4.97. The molecule has 3 rings (SSSR count). The van der Waals surface area contributed by atoms with Crippen molar-refractivity contribution in [1.82, 2.24) is 9.88 Å². The number of ketones is 1. The maximum absolute atomic E-state index is 12.6. The lowest BCUT2D eigenvalue weighted by molar-refractivity contribution is -0.131. The van der Waals surface area contributed by atoms with Gasteiger partial charge in [0.15, 0.2) is 5.78 Å². The predicted octanol–water partition coefficient (Wildman–Crippen LogP) is 2.24. The summed E-state index contributed by atoms with van der Waals surface area (Å²) in [5.41, 5.74) is 2.38. The largest absolute Gasteiger partial charge is 0.478 e. The molecule has 0 spiro atoms. The van der Waals surface area contributed by atoms with Crippen molar-refractivity contribution in [3.63, 3.8) is 0 Å². The minimum absolute atomic E-state index is 0.0903. The SMILES string of the molecule is CN1CCN(c2ccc(C(=O)CC(O)c3cccc(C=CC(=O)O)n3)cc2)CC1. The molecule has 1 fully saturated rings. The Kier molecular flexibility index (Phi) is 6.74. The number of likely N-dealkylation sites (N-methyl/N-ethyl adjacent to an activating group) is 1. The zero-order chi connectivity index (χ0) is 20.8. The average Bonchev–Trinajstić information content (AvgIpc) is 2.73. The molecule has 2 N–H and O–H groups in total. The molecule has 1 aromatic carbocycles. The Labute approximate surface area is 169 Å². The fraction of sp³-hybridized carbons (Fsp3) is 0.318. The van der Waals surface area contributed by atoms with Crippen molar-refractivity contribution in [1.29, 1.82) is 0 Å². The number of carboxylic acids is 1. The van der Waals surface area contributed by atoms with Crippen molar-refractivity contribution in [2.45, 2.75) is 12.5 Å². The van der Waals surface area contributed by atoms with Crippen LogP contribution in [0, 0.1) is 0 Å². The van der Waals surface area contributed by atoms with Gasteiger partial charge in [0.1, 0.15) is 6.10 Å². The van der Waals surface area contributed by atoms with E-state index in [9.17, 15) is 14.7 Å². The van der Waals surface area contributed by atoms with Gasteiger partial charge in [-0.3, -0.25) is 9.78 Å². The number of aliphatic hydroxyl groups excluding tert-OH is 1. The van der Waals surface area contributed by atoms with Gasteiger partial charge in [-0.15, -0.1) is 0 Å². The van der Waals surface area contributed by atoms with Gasteiger partial charge < -0.3 is 20.0 Å². The number of aromatic nitrogens is 1. The number of rotatable bonds is 7. The summed E-state index contributed by atoms with van der Waals surface area (Å²) in [6, 6.07) is 12.4. The van der Waals surface area contributed by atoms with Crippen molar-refractivity contribution in [2.24, 2.45) is 0 Å². The van der Waals surface area contributed by atoms with E-state index in [1.165, 1.54) is 6.08 Å². The molecule has 0 radical (unpaired) electrons. The van der Waals surface area contributed by atoms with Gasteiger partial charge in [-0.05, 0) is 49.5 Å². The lowest BCUT2D eigenvalue weighted by Crippen LogP contribution is -2.44. The molecule has 7 heteroatoms. The summed E-state index contributed by atoms with van der Waals surface area (Å²) in [4.78, 5) is 32.0. The molecule has 0 bridgehead atoms. The average molecular weight is 395 g/mol. The van der Waals surface area contributed by atoms with Crippen LogP contribution < -0.4 is 4.90 Å². The number of benzene rings is 1.